The Bertz CT molecular complexity index is 498. The molecule has 0 saturated heterocycles. The fourth-order valence-corrected chi connectivity index (χ4v) is 2.06. The normalized spacial score (nSPS) is 11.5. The molecule has 0 bridgehead atoms. The van der Waals surface area contributed by atoms with E-state index in [4.69, 9.17) is 4.74 Å². The first kappa shape index (κ1) is 13.7. The molecule has 2 rings (SSSR count). The van der Waals surface area contributed by atoms with Crippen molar-refractivity contribution in [3.8, 4) is 5.75 Å². The van der Waals surface area contributed by atoms with Gasteiger partial charge in [0.05, 0.1) is 12.9 Å². The third kappa shape index (κ3) is 3.85. The van der Waals surface area contributed by atoms with Crippen LogP contribution in [-0.2, 0) is 12.0 Å². The van der Waals surface area contributed by atoms with E-state index >= 15 is 0 Å². The summed E-state index contributed by atoms with van der Waals surface area (Å²) in [5, 5.41) is 0. The maximum Gasteiger partial charge on any atom is 0.123 e. The molecule has 0 aliphatic carbocycles. The Morgan fingerprint density at radius 2 is 2.00 bits per heavy atom. The molecule has 0 fully saturated rings. The molecule has 1 aromatic heterocycles. The summed E-state index contributed by atoms with van der Waals surface area (Å²) in [6, 6.07) is 8.29. The lowest BCUT2D eigenvalue weighted by Crippen LogP contribution is -2.14. The van der Waals surface area contributed by atoms with E-state index in [-0.39, 0.29) is 5.41 Å². The minimum Gasteiger partial charge on any atom is -0.493 e. The van der Waals surface area contributed by atoms with Crippen LogP contribution in [0.4, 0.5) is 0 Å². The van der Waals surface area contributed by atoms with Gasteiger partial charge in [0.2, 0.25) is 0 Å². The molecule has 0 aliphatic rings. The first-order chi connectivity index (χ1) is 9.07. The molecule has 0 amide bonds. The third-order valence-electron chi connectivity index (χ3n) is 3.07. The summed E-state index contributed by atoms with van der Waals surface area (Å²) in [7, 11) is 0. The third-order valence-corrected chi connectivity index (χ3v) is 3.07. The maximum atomic E-state index is 5.93. The van der Waals surface area contributed by atoms with Crippen LogP contribution in [0.2, 0.25) is 0 Å². The van der Waals surface area contributed by atoms with E-state index in [2.05, 4.69) is 48.5 Å². The van der Waals surface area contributed by atoms with Crippen molar-refractivity contribution in [2.45, 2.75) is 39.2 Å². The van der Waals surface area contributed by atoms with Gasteiger partial charge in [0.15, 0.2) is 0 Å². The van der Waals surface area contributed by atoms with Gasteiger partial charge in [-0.15, -0.1) is 0 Å². The highest BCUT2D eigenvalue weighted by Crippen LogP contribution is 2.30. The van der Waals surface area contributed by atoms with E-state index in [9.17, 15) is 0 Å². The molecule has 2 aromatic rings. The summed E-state index contributed by atoms with van der Waals surface area (Å²) in [5.74, 6) is 1.00. The van der Waals surface area contributed by atoms with Gasteiger partial charge in [-0.3, -0.25) is 0 Å². The van der Waals surface area contributed by atoms with Crippen LogP contribution in [0.15, 0.2) is 43.0 Å². The SMILES string of the molecule is CC(C)(C)c1ccccc1OCCCn1ccnc1. The van der Waals surface area contributed by atoms with Crippen LogP contribution in [0.3, 0.4) is 0 Å². The standard InChI is InChI=1S/C16H22N2O/c1-16(2,3)14-7-4-5-8-15(14)19-12-6-10-18-11-9-17-13-18/h4-5,7-9,11,13H,6,10,12H2,1-3H3. The number of para-hydroxylation sites is 1. The number of hydrogen-bond donors (Lipinski definition) is 0. The van der Waals surface area contributed by atoms with E-state index in [0.717, 1.165) is 25.3 Å². The molecule has 102 valence electrons. The Morgan fingerprint density at radius 1 is 1.21 bits per heavy atom. The van der Waals surface area contributed by atoms with Gasteiger partial charge in [0.1, 0.15) is 5.75 Å². The maximum absolute atomic E-state index is 5.93. The second-order valence-corrected chi connectivity index (χ2v) is 5.75. The molecule has 0 N–H and O–H groups in total. The van der Waals surface area contributed by atoms with Crippen molar-refractivity contribution in [2.24, 2.45) is 0 Å². The fraction of sp³-hybridized carbons (Fsp3) is 0.438. The van der Waals surface area contributed by atoms with Gasteiger partial charge < -0.3 is 9.30 Å². The minimum atomic E-state index is 0.112. The van der Waals surface area contributed by atoms with Crippen LogP contribution >= 0.6 is 0 Å². The first-order valence-electron chi connectivity index (χ1n) is 6.75. The van der Waals surface area contributed by atoms with Crippen molar-refractivity contribution in [3.05, 3.63) is 48.5 Å². The van der Waals surface area contributed by atoms with Crippen LogP contribution in [0.5, 0.6) is 5.75 Å². The largest absolute Gasteiger partial charge is 0.493 e. The summed E-state index contributed by atoms with van der Waals surface area (Å²) in [5.41, 5.74) is 1.37. The highest BCUT2D eigenvalue weighted by atomic mass is 16.5. The van der Waals surface area contributed by atoms with Crippen LogP contribution in [0, 0.1) is 0 Å². The molecule has 3 nitrogen and oxygen atoms in total. The molecule has 0 radical (unpaired) electrons. The Balaban J connectivity index is 1.89. The van der Waals surface area contributed by atoms with Crippen molar-refractivity contribution in [3.63, 3.8) is 0 Å². The average molecular weight is 258 g/mol. The molecule has 0 unspecified atom stereocenters. The van der Waals surface area contributed by atoms with Gasteiger partial charge in [-0.1, -0.05) is 39.0 Å². The Morgan fingerprint density at radius 3 is 2.68 bits per heavy atom. The van der Waals surface area contributed by atoms with E-state index in [1.54, 1.807) is 6.20 Å². The Labute approximate surface area is 115 Å². The van der Waals surface area contributed by atoms with E-state index < -0.39 is 0 Å². The van der Waals surface area contributed by atoms with Gasteiger partial charge >= 0.3 is 0 Å². The Kier molecular flexibility index (Phi) is 4.25. The van der Waals surface area contributed by atoms with Crippen LogP contribution < -0.4 is 4.74 Å². The lowest BCUT2D eigenvalue weighted by molar-refractivity contribution is 0.294. The van der Waals surface area contributed by atoms with Crippen LogP contribution in [-0.4, -0.2) is 16.2 Å². The fourth-order valence-electron chi connectivity index (χ4n) is 2.06. The number of imidazole rings is 1. The minimum absolute atomic E-state index is 0.112. The zero-order valence-electron chi connectivity index (χ0n) is 12.0. The van der Waals surface area contributed by atoms with Gasteiger partial charge in [0, 0.05) is 18.9 Å². The predicted molar refractivity (Wildman–Crippen MR) is 77.5 cm³/mol. The van der Waals surface area contributed by atoms with Crippen LogP contribution in [0.25, 0.3) is 0 Å². The zero-order valence-corrected chi connectivity index (χ0v) is 12.0. The number of nitrogens with zero attached hydrogens (tertiary/aromatic N) is 2. The van der Waals surface area contributed by atoms with Gasteiger partial charge in [-0.2, -0.15) is 0 Å². The number of ether oxygens (including phenoxy) is 1. The van der Waals surface area contributed by atoms with E-state index in [1.165, 1.54) is 5.56 Å². The molecule has 19 heavy (non-hydrogen) atoms. The lowest BCUT2D eigenvalue weighted by Gasteiger charge is -2.22. The Hall–Kier alpha value is -1.77. The monoisotopic (exact) mass is 258 g/mol. The van der Waals surface area contributed by atoms with Crippen molar-refractivity contribution in [1.82, 2.24) is 9.55 Å². The van der Waals surface area contributed by atoms with Crippen molar-refractivity contribution in [1.29, 1.82) is 0 Å². The molecule has 0 spiro atoms. The summed E-state index contributed by atoms with van der Waals surface area (Å²) >= 11 is 0. The van der Waals surface area contributed by atoms with Gasteiger partial charge in [-0.25, -0.2) is 4.98 Å². The first-order valence-corrected chi connectivity index (χ1v) is 6.75. The number of benzene rings is 1. The second kappa shape index (κ2) is 5.91. The second-order valence-electron chi connectivity index (χ2n) is 5.75. The number of hydrogen-bond acceptors (Lipinski definition) is 2. The molecule has 0 saturated carbocycles. The topological polar surface area (TPSA) is 27.1 Å². The average Bonchev–Trinajstić information content (AvgIpc) is 2.87. The summed E-state index contributed by atoms with van der Waals surface area (Å²) in [6.45, 7) is 8.30. The number of rotatable bonds is 5. The van der Waals surface area contributed by atoms with Crippen LogP contribution in [0.1, 0.15) is 32.8 Å². The summed E-state index contributed by atoms with van der Waals surface area (Å²) < 4.78 is 8.00. The molecule has 0 aliphatic heterocycles. The summed E-state index contributed by atoms with van der Waals surface area (Å²) in [4.78, 5) is 4.03. The summed E-state index contributed by atoms with van der Waals surface area (Å²) in [6.07, 6.45) is 6.59. The molecule has 1 aromatic carbocycles. The number of aromatic nitrogens is 2. The highest BCUT2D eigenvalue weighted by molar-refractivity contribution is 5.38. The predicted octanol–water partition coefficient (Wildman–Crippen LogP) is 3.65. The molecule has 1 heterocycles. The highest BCUT2D eigenvalue weighted by Gasteiger charge is 2.18. The van der Waals surface area contributed by atoms with E-state index in [0.29, 0.717) is 0 Å². The smallest absolute Gasteiger partial charge is 0.123 e. The van der Waals surface area contributed by atoms with Gasteiger partial charge in [-0.05, 0) is 23.5 Å². The number of aryl methyl sites for hydroxylation is 1. The molecule has 0 atom stereocenters. The molecule has 3 heteroatoms. The lowest BCUT2D eigenvalue weighted by atomic mass is 9.86. The zero-order chi connectivity index (χ0) is 13.7. The van der Waals surface area contributed by atoms with E-state index in [1.807, 2.05) is 18.6 Å². The van der Waals surface area contributed by atoms with Crippen molar-refractivity contribution in [2.75, 3.05) is 6.61 Å². The quantitative estimate of drug-likeness (QED) is 0.765. The van der Waals surface area contributed by atoms with Crippen molar-refractivity contribution >= 4 is 0 Å². The van der Waals surface area contributed by atoms with Crippen molar-refractivity contribution < 1.29 is 4.74 Å². The van der Waals surface area contributed by atoms with Gasteiger partial charge in [0.25, 0.3) is 0 Å². The molecular weight excluding hydrogens is 236 g/mol. The molecular formula is C16H22N2O.